The van der Waals surface area contributed by atoms with Gasteiger partial charge in [0.15, 0.2) is 0 Å². The van der Waals surface area contributed by atoms with Gasteiger partial charge in [-0.1, -0.05) is 12.1 Å². The fourth-order valence-corrected chi connectivity index (χ4v) is 2.45. The van der Waals surface area contributed by atoms with Crippen LogP contribution in [0.2, 0.25) is 0 Å². The predicted octanol–water partition coefficient (Wildman–Crippen LogP) is 1.29. The third-order valence-electron chi connectivity index (χ3n) is 3.56. The van der Waals surface area contributed by atoms with Crippen molar-refractivity contribution < 1.29 is 14.1 Å². The van der Waals surface area contributed by atoms with Crippen molar-refractivity contribution in [1.29, 1.82) is 0 Å². The normalized spacial score (nSPS) is 14.9. The van der Waals surface area contributed by atoms with Crippen LogP contribution in [0.3, 0.4) is 0 Å². The SMILES string of the molecule is CCc1noc(C)c1C(=O)NCCCN1CCCC1=O. The standard InChI is InChI=1S/C14H21N3O3/c1-3-11-13(10(2)20-16-11)14(19)15-7-5-9-17-8-4-6-12(17)18/h3-9H2,1-2H3,(H,15,19). The van der Waals surface area contributed by atoms with Crippen molar-refractivity contribution in [1.82, 2.24) is 15.4 Å². The lowest BCUT2D eigenvalue weighted by molar-refractivity contribution is -0.127. The minimum absolute atomic E-state index is 0.145. The van der Waals surface area contributed by atoms with E-state index in [1.807, 2.05) is 11.8 Å². The quantitative estimate of drug-likeness (QED) is 0.796. The van der Waals surface area contributed by atoms with E-state index in [9.17, 15) is 9.59 Å². The Morgan fingerprint density at radius 2 is 2.30 bits per heavy atom. The van der Waals surface area contributed by atoms with Gasteiger partial charge < -0.3 is 14.7 Å². The second-order valence-corrected chi connectivity index (χ2v) is 5.01. The molecule has 1 N–H and O–H groups in total. The summed E-state index contributed by atoms with van der Waals surface area (Å²) in [6.07, 6.45) is 3.04. The number of nitrogens with zero attached hydrogens (tertiary/aromatic N) is 2. The summed E-state index contributed by atoms with van der Waals surface area (Å²) in [5.41, 5.74) is 1.24. The zero-order chi connectivity index (χ0) is 14.5. The first-order valence-corrected chi connectivity index (χ1v) is 7.14. The molecule has 1 fully saturated rings. The highest BCUT2D eigenvalue weighted by atomic mass is 16.5. The van der Waals surface area contributed by atoms with E-state index in [0.29, 0.717) is 42.9 Å². The van der Waals surface area contributed by atoms with Gasteiger partial charge in [0.2, 0.25) is 5.91 Å². The third kappa shape index (κ3) is 3.18. The maximum Gasteiger partial charge on any atom is 0.256 e. The van der Waals surface area contributed by atoms with Crippen LogP contribution < -0.4 is 5.32 Å². The highest BCUT2D eigenvalue weighted by molar-refractivity contribution is 5.96. The van der Waals surface area contributed by atoms with Crippen molar-refractivity contribution in [2.45, 2.75) is 39.5 Å². The maximum atomic E-state index is 12.1. The third-order valence-corrected chi connectivity index (χ3v) is 3.56. The van der Waals surface area contributed by atoms with Crippen molar-refractivity contribution in [3.63, 3.8) is 0 Å². The van der Waals surface area contributed by atoms with E-state index < -0.39 is 0 Å². The number of carbonyl (C=O) groups excluding carboxylic acids is 2. The van der Waals surface area contributed by atoms with Crippen LogP contribution in [0.1, 0.15) is 48.0 Å². The van der Waals surface area contributed by atoms with Gasteiger partial charge in [-0.25, -0.2) is 0 Å². The molecule has 1 aromatic rings. The monoisotopic (exact) mass is 279 g/mol. The number of likely N-dealkylation sites (tertiary alicyclic amines) is 1. The molecule has 1 aliphatic rings. The number of aryl methyl sites for hydroxylation is 2. The van der Waals surface area contributed by atoms with Gasteiger partial charge in [-0.3, -0.25) is 9.59 Å². The Hall–Kier alpha value is -1.85. The molecule has 6 nitrogen and oxygen atoms in total. The van der Waals surface area contributed by atoms with Crippen LogP contribution in [0.5, 0.6) is 0 Å². The van der Waals surface area contributed by atoms with Gasteiger partial charge in [-0.15, -0.1) is 0 Å². The first-order chi connectivity index (χ1) is 9.63. The number of hydrogen-bond acceptors (Lipinski definition) is 4. The lowest BCUT2D eigenvalue weighted by Crippen LogP contribution is -2.31. The van der Waals surface area contributed by atoms with E-state index in [0.717, 1.165) is 19.4 Å². The van der Waals surface area contributed by atoms with Crippen molar-refractivity contribution in [2.75, 3.05) is 19.6 Å². The van der Waals surface area contributed by atoms with Crippen molar-refractivity contribution in [3.8, 4) is 0 Å². The molecule has 2 rings (SSSR count). The molecule has 2 amide bonds. The molecule has 0 aliphatic carbocycles. The summed E-state index contributed by atoms with van der Waals surface area (Å²) in [6.45, 7) is 5.79. The van der Waals surface area contributed by atoms with Crippen LogP contribution in [-0.2, 0) is 11.2 Å². The highest BCUT2D eigenvalue weighted by Crippen LogP contribution is 2.13. The molecule has 1 aromatic heterocycles. The lowest BCUT2D eigenvalue weighted by atomic mass is 10.1. The molecule has 0 aromatic carbocycles. The van der Waals surface area contributed by atoms with Gasteiger partial charge in [-0.05, 0) is 26.2 Å². The molecule has 0 radical (unpaired) electrons. The Bertz CT molecular complexity index is 496. The lowest BCUT2D eigenvalue weighted by Gasteiger charge is -2.15. The zero-order valence-electron chi connectivity index (χ0n) is 12.1. The maximum absolute atomic E-state index is 12.1. The summed E-state index contributed by atoms with van der Waals surface area (Å²) in [7, 11) is 0. The topological polar surface area (TPSA) is 75.4 Å². The minimum Gasteiger partial charge on any atom is -0.361 e. The molecule has 0 unspecified atom stereocenters. The van der Waals surface area contributed by atoms with E-state index in [2.05, 4.69) is 10.5 Å². The summed E-state index contributed by atoms with van der Waals surface area (Å²) in [4.78, 5) is 25.4. The number of nitrogens with one attached hydrogen (secondary N) is 1. The molecule has 0 saturated carbocycles. The van der Waals surface area contributed by atoms with Gasteiger partial charge in [-0.2, -0.15) is 0 Å². The Morgan fingerprint density at radius 1 is 1.50 bits per heavy atom. The average Bonchev–Trinajstić information content (AvgIpc) is 3.00. The smallest absolute Gasteiger partial charge is 0.256 e. The number of aromatic nitrogens is 1. The average molecular weight is 279 g/mol. The van der Waals surface area contributed by atoms with E-state index in [4.69, 9.17) is 4.52 Å². The van der Waals surface area contributed by atoms with Crippen LogP contribution >= 0.6 is 0 Å². The molecule has 1 aliphatic heterocycles. The van der Waals surface area contributed by atoms with E-state index in [1.54, 1.807) is 6.92 Å². The highest BCUT2D eigenvalue weighted by Gasteiger charge is 2.20. The second-order valence-electron chi connectivity index (χ2n) is 5.01. The molecule has 20 heavy (non-hydrogen) atoms. The van der Waals surface area contributed by atoms with E-state index in [-0.39, 0.29) is 11.8 Å². The Labute approximate surface area is 118 Å². The van der Waals surface area contributed by atoms with Gasteiger partial charge >= 0.3 is 0 Å². The van der Waals surface area contributed by atoms with Gasteiger partial charge in [0.25, 0.3) is 5.91 Å². The molecule has 2 heterocycles. The first kappa shape index (κ1) is 14.6. The van der Waals surface area contributed by atoms with E-state index >= 15 is 0 Å². The van der Waals surface area contributed by atoms with Crippen LogP contribution in [0.15, 0.2) is 4.52 Å². The molecule has 110 valence electrons. The van der Waals surface area contributed by atoms with Crippen LogP contribution in [0.4, 0.5) is 0 Å². The van der Waals surface area contributed by atoms with Gasteiger partial charge in [0, 0.05) is 26.1 Å². The summed E-state index contributed by atoms with van der Waals surface area (Å²) in [5.74, 6) is 0.627. The van der Waals surface area contributed by atoms with Crippen LogP contribution in [0.25, 0.3) is 0 Å². The summed E-state index contributed by atoms with van der Waals surface area (Å²) in [5, 5.41) is 6.73. The Morgan fingerprint density at radius 3 is 2.95 bits per heavy atom. The first-order valence-electron chi connectivity index (χ1n) is 7.14. The Kier molecular flexibility index (Phi) is 4.76. The molecule has 0 spiro atoms. The number of rotatable bonds is 6. The summed E-state index contributed by atoms with van der Waals surface area (Å²) in [6, 6.07) is 0. The minimum atomic E-state index is -0.145. The molecule has 1 saturated heterocycles. The van der Waals surface area contributed by atoms with Crippen LogP contribution in [0, 0.1) is 6.92 Å². The van der Waals surface area contributed by atoms with E-state index in [1.165, 1.54) is 0 Å². The molecular formula is C14H21N3O3. The molecular weight excluding hydrogens is 258 g/mol. The Balaban J connectivity index is 1.77. The largest absolute Gasteiger partial charge is 0.361 e. The summed E-state index contributed by atoms with van der Waals surface area (Å²) >= 11 is 0. The van der Waals surface area contributed by atoms with Crippen molar-refractivity contribution in [2.24, 2.45) is 0 Å². The number of amides is 2. The fourth-order valence-electron chi connectivity index (χ4n) is 2.45. The molecule has 0 atom stereocenters. The van der Waals surface area contributed by atoms with Crippen molar-refractivity contribution >= 4 is 11.8 Å². The van der Waals surface area contributed by atoms with Crippen molar-refractivity contribution in [3.05, 3.63) is 17.0 Å². The number of hydrogen-bond donors (Lipinski definition) is 1. The van der Waals surface area contributed by atoms with Gasteiger partial charge in [0.05, 0.1) is 5.69 Å². The second kappa shape index (κ2) is 6.54. The summed E-state index contributed by atoms with van der Waals surface area (Å²) < 4.78 is 5.05. The predicted molar refractivity (Wildman–Crippen MR) is 73.4 cm³/mol. The zero-order valence-corrected chi connectivity index (χ0v) is 12.1. The van der Waals surface area contributed by atoms with Crippen LogP contribution in [-0.4, -0.2) is 41.5 Å². The van der Waals surface area contributed by atoms with Gasteiger partial charge in [0.1, 0.15) is 11.3 Å². The number of carbonyl (C=O) groups is 2. The molecule has 0 bridgehead atoms. The molecule has 6 heteroatoms. The fraction of sp³-hybridized carbons (Fsp3) is 0.643.